The Bertz CT molecular complexity index is 300. The number of hydrogen-bond donors (Lipinski definition) is 1. The van der Waals surface area contributed by atoms with E-state index in [0.29, 0.717) is 0 Å². The van der Waals surface area contributed by atoms with Crippen LogP contribution >= 0.6 is 0 Å². The van der Waals surface area contributed by atoms with Gasteiger partial charge in [-0.1, -0.05) is 0 Å². The smallest absolute Gasteiger partial charge is 0.399 e. The van der Waals surface area contributed by atoms with Gasteiger partial charge < -0.3 is 5.11 Å². The van der Waals surface area contributed by atoms with Crippen LogP contribution in [0.1, 0.15) is 19.3 Å². The molecule has 0 aliphatic heterocycles. The second-order valence-corrected chi connectivity index (χ2v) is 3.54. The minimum Gasteiger partial charge on any atom is -0.476 e. The molecule has 1 atom stereocenters. The highest BCUT2D eigenvalue weighted by Gasteiger charge is 2.54. The van der Waals surface area contributed by atoms with Crippen molar-refractivity contribution >= 4 is 11.8 Å². The fourth-order valence-electron chi connectivity index (χ4n) is 1.54. The van der Waals surface area contributed by atoms with E-state index >= 15 is 0 Å². The number of halogens is 4. The van der Waals surface area contributed by atoms with Crippen LogP contribution in [0.2, 0.25) is 0 Å². The van der Waals surface area contributed by atoms with Crippen LogP contribution in [0.5, 0.6) is 0 Å². The lowest BCUT2D eigenvalue weighted by Gasteiger charge is -2.14. The number of aliphatic carboxylic acids is 1. The molecule has 0 aromatic heterocycles. The molecule has 7 heteroatoms. The van der Waals surface area contributed by atoms with Gasteiger partial charge >= 0.3 is 11.9 Å². The van der Waals surface area contributed by atoms with Gasteiger partial charge in [-0.25, -0.2) is 13.6 Å². The van der Waals surface area contributed by atoms with Crippen molar-refractivity contribution in [1.29, 1.82) is 0 Å². The number of rotatable bonds is 3. The van der Waals surface area contributed by atoms with Crippen molar-refractivity contribution < 1.29 is 32.3 Å². The van der Waals surface area contributed by atoms with E-state index in [4.69, 9.17) is 5.11 Å². The molecule has 1 aliphatic rings. The zero-order valence-electron chi connectivity index (χ0n) is 7.47. The first-order valence-electron chi connectivity index (χ1n) is 4.20. The van der Waals surface area contributed by atoms with Crippen LogP contribution in [-0.2, 0) is 9.59 Å². The van der Waals surface area contributed by atoms with Gasteiger partial charge in [-0.3, -0.25) is 4.79 Å². The summed E-state index contributed by atoms with van der Waals surface area (Å²) in [7, 11) is 0. The number of carboxylic acid groups (broad SMARTS) is 1. The number of carboxylic acids is 1. The number of carbonyl (C=O) groups is 2. The van der Waals surface area contributed by atoms with E-state index in [2.05, 4.69) is 0 Å². The largest absolute Gasteiger partial charge is 0.476 e. The zero-order valence-corrected chi connectivity index (χ0v) is 7.47. The second-order valence-electron chi connectivity index (χ2n) is 3.54. The van der Waals surface area contributed by atoms with Crippen LogP contribution in [0.15, 0.2) is 0 Å². The molecule has 1 N–H and O–H groups in total. The SMILES string of the molecule is O=C(O)C(F)(F)C(=O)C1CCC(F)(F)C1. The highest BCUT2D eigenvalue weighted by atomic mass is 19.3. The van der Waals surface area contributed by atoms with Crippen LogP contribution in [-0.4, -0.2) is 28.7 Å². The summed E-state index contributed by atoms with van der Waals surface area (Å²) in [5.74, 6) is -13.8. The Morgan fingerprint density at radius 1 is 1.33 bits per heavy atom. The Balaban J connectivity index is 2.75. The zero-order chi connectivity index (χ0) is 11.9. The van der Waals surface area contributed by atoms with E-state index in [1.807, 2.05) is 0 Å². The highest BCUT2D eigenvalue weighted by Crippen LogP contribution is 2.41. The summed E-state index contributed by atoms with van der Waals surface area (Å²) in [5, 5.41) is 8.04. The van der Waals surface area contributed by atoms with Crippen molar-refractivity contribution in [2.24, 2.45) is 5.92 Å². The molecular weight excluding hydrogens is 220 g/mol. The van der Waals surface area contributed by atoms with Crippen LogP contribution < -0.4 is 0 Å². The van der Waals surface area contributed by atoms with Crippen molar-refractivity contribution in [2.75, 3.05) is 0 Å². The van der Waals surface area contributed by atoms with Crippen molar-refractivity contribution in [1.82, 2.24) is 0 Å². The van der Waals surface area contributed by atoms with E-state index in [-0.39, 0.29) is 0 Å². The molecule has 0 aromatic rings. The Hall–Kier alpha value is -1.14. The minimum atomic E-state index is -4.56. The first-order chi connectivity index (χ1) is 6.67. The van der Waals surface area contributed by atoms with Gasteiger partial charge in [-0.2, -0.15) is 8.78 Å². The fourth-order valence-corrected chi connectivity index (χ4v) is 1.54. The van der Waals surface area contributed by atoms with Crippen LogP contribution in [0, 0.1) is 5.92 Å². The Morgan fingerprint density at radius 3 is 2.20 bits per heavy atom. The van der Waals surface area contributed by atoms with Crippen molar-refractivity contribution in [3.63, 3.8) is 0 Å². The van der Waals surface area contributed by atoms with E-state index in [1.165, 1.54) is 0 Å². The lowest BCUT2D eigenvalue weighted by atomic mass is 9.97. The molecule has 0 saturated heterocycles. The van der Waals surface area contributed by atoms with Crippen molar-refractivity contribution in [3.8, 4) is 0 Å². The molecule has 0 amide bonds. The number of hydrogen-bond acceptors (Lipinski definition) is 2. The Labute approximate surface area is 82.1 Å². The maximum Gasteiger partial charge on any atom is 0.399 e. The average Bonchev–Trinajstić information content (AvgIpc) is 2.44. The quantitative estimate of drug-likeness (QED) is 0.591. The molecule has 1 unspecified atom stereocenters. The number of alkyl halides is 4. The van der Waals surface area contributed by atoms with Gasteiger partial charge in [0.1, 0.15) is 0 Å². The molecule has 0 radical (unpaired) electrons. The maximum absolute atomic E-state index is 12.6. The summed E-state index contributed by atoms with van der Waals surface area (Å²) in [6, 6.07) is 0. The molecule has 15 heavy (non-hydrogen) atoms. The summed E-state index contributed by atoms with van der Waals surface area (Å²) in [5.41, 5.74) is 0. The topological polar surface area (TPSA) is 54.4 Å². The minimum absolute atomic E-state index is 0.394. The Kier molecular flexibility index (Phi) is 2.75. The van der Waals surface area contributed by atoms with E-state index in [9.17, 15) is 27.2 Å². The molecular formula is C8H8F4O3. The van der Waals surface area contributed by atoms with Crippen LogP contribution in [0.25, 0.3) is 0 Å². The van der Waals surface area contributed by atoms with Crippen molar-refractivity contribution in [2.45, 2.75) is 31.1 Å². The molecule has 86 valence electrons. The standard InChI is InChI=1S/C8H8F4O3/c9-7(10)2-1-4(3-7)5(13)8(11,12)6(14)15/h4H,1-3H2,(H,14,15). The summed E-state index contributed by atoms with van der Waals surface area (Å²) in [6.45, 7) is 0. The first kappa shape index (κ1) is 11.9. The van der Waals surface area contributed by atoms with Crippen LogP contribution in [0.4, 0.5) is 17.6 Å². The predicted molar refractivity (Wildman–Crippen MR) is 39.9 cm³/mol. The number of ketones is 1. The van der Waals surface area contributed by atoms with Gasteiger partial charge in [-0.15, -0.1) is 0 Å². The first-order valence-corrected chi connectivity index (χ1v) is 4.20. The Morgan fingerprint density at radius 2 is 1.87 bits per heavy atom. The third-order valence-electron chi connectivity index (χ3n) is 2.35. The summed E-state index contributed by atoms with van der Waals surface area (Å²) < 4.78 is 50.5. The van der Waals surface area contributed by atoms with E-state index in [1.54, 1.807) is 0 Å². The van der Waals surface area contributed by atoms with E-state index < -0.39 is 48.8 Å². The van der Waals surface area contributed by atoms with Crippen molar-refractivity contribution in [3.05, 3.63) is 0 Å². The lowest BCUT2D eigenvalue weighted by molar-refractivity contribution is -0.173. The molecule has 3 nitrogen and oxygen atoms in total. The van der Waals surface area contributed by atoms with Gasteiger partial charge in [0.2, 0.25) is 11.7 Å². The molecule has 0 heterocycles. The van der Waals surface area contributed by atoms with Gasteiger partial charge in [0, 0.05) is 18.8 Å². The third-order valence-corrected chi connectivity index (χ3v) is 2.35. The molecule has 0 aromatic carbocycles. The number of carbonyl (C=O) groups excluding carboxylic acids is 1. The molecule has 1 aliphatic carbocycles. The highest BCUT2D eigenvalue weighted by molar-refractivity contribution is 6.05. The fraction of sp³-hybridized carbons (Fsp3) is 0.750. The van der Waals surface area contributed by atoms with Gasteiger partial charge in [0.05, 0.1) is 0 Å². The third kappa shape index (κ3) is 2.27. The van der Waals surface area contributed by atoms with E-state index in [0.717, 1.165) is 0 Å². The van der Waals surface area contributed by atoms with Gasteiger partial charge in [0.25, 0.3) is 0 Å². The van der Waals surface area contributed by atoms with Gasteiger partial charge in [-0.05, 0) is 6.42 Å². The summed E-state index contributed by atoms with van der Waals surface area (Å²) in [4.78, 5) is 21.0. The normalized spacial score (nSPS) is 25.2. The average molecular weight is 228 g/mol. The van der Waals surface area contributed by atoms with Gasteiger partial charge in [0.15, 0.2) is 0 Å². The second kappa shape index (κ2) is 3.46. The maximum atomic E-state index is 12.6. The molecule has 1 rings (SSSR count). The monoisotopic (exact) mass is 228 g/mol. The van der Waals surface area contributed by atoms with Crippen LogP contribution in [0.3, 0.4) is 0 Å². The number of Topliss-reactive ketones (excluding diaryl/α,β-unsaturated/α-hetero) is 1. The predicted octanol–water partition coefficient (Wildman–Crippen LogP) is 1.71. The summed E-state index contributed by atoms with van der Waals surface area (Å²) >= 11 is 0. The molecule has 1 saturated carbocycles. The molecule has 1 fully saturated rings. The lowest BCUT2D eigenvalue weighted by Crippen LogP contribution is -2.41. The molecule has 0 bridgehead atoms. The molecule has 0 spiro atoms. The summed E-state index contributed by atoms with van der Waals surface area (Å²) in [6.07, 6.45) is -2.04.